The molecule has 0 aliphatic carbocycles. The normalized spacial score (nSPS) is 27.3. The van der Waals surface area contributed by atoms with Crippen LogP contribution in [0.15, 0.2) is 48.8 Å². The number of para-hydroxylation sites is 1. The number of aromatic nitrogens is 2. The lowest BCUT2D eigenvalue weighted by atomic mass is 9.99. The van der Waals surface area contributed by atoms with Gasteiger partial charge in [0.25, 0.3) is 0 Å². The highest BCUT2D eigenvalue weighted by Crippen LogP contribution is 2.30. The minimum Gasteiger partial charge on any atom is -0.460 e. The molecule has 1 fully saturated rings. The monoisotopic (exact) mass is 400 g/mol. The molecule has 1 saturated heterocycles. The maximum atomic E-state index is 10.3. The zero-order valence-corrected chi connectivity index (χ0v) is 15.9. The largest absolute Gasteiger partial charge is 0.460 e. The topological polar surface area (TPSA) is 117 Å². The molecule has 2 aromatic carbocycles. The first-order valence-corrected chi connectivity index (χ1v) is 9.44. The fraction of sp³-hybridized carbons (Fsp3) is 0.381. The van der Waals surface area contributed by atoms with Crippen LogP contribution in [0.4, 0.5) is 0 Å². The van der Waals surface area contributed by atoms with Crippen LogP contribution in [-0.2, 0) is 11.3 Å². The van der Waals surface area contributed by atoms with Crippen LogP contribution in [0.5, 0.6) is 5.75 Å². The van der Waals surface area contributed by atoms with E-state index in [0.717, 1.165) is 5.56 Å². The molecule has 0 amide bonds. The third-order valence-corrected chi connectivity index (χ3v) is 5.17. The van der Waals surface area contributed by atoms with Gasteiger partial charge in [-0.2, -0.15) is 0 Å². The van der Waals surface area contributed by atoms with E-state index in [2.05, 4.69) is 4.98 Å². The van der Waals surface area contributed by atoms with E-state index >= 15 is 0 Å². The average Bonchev–Trinajstić information content (AvgIpc) is 3.14. The molecule has 1 aromatic heterocycles. The van der Waals surface area contributed by atoms with Gasteiger partial charge in [0.1, 0.15) is 35.7 Å². The highest BCUT2D eigenvalue weighted by molar-refractivity contribution is 5.82. The first-order chi connectivity index (χ1) is 14.0. The second-order valence-corrected chi connectivity index (χ2v) is 7.30. The van der Waals surface area contributed by atoms with E-state index in [0.29, 0.717) is 23.3 Å². The van der Waals surface area contributed by atoms with Crippen LogP contribution in [0.25, 0.3) is 11.0 Å². The molecule has 3 aromatic rings. The van der Waals surface area contributed by atoms with E-state index < -0.39 is 37.3 Å². The van der Waals surface area contributed by atoms with Crippen molar-refractivity contribution in [2.45, 2.75) is 44.2 Å². The van der Waals surface area contributed by atoms with Crippen LogP contribution >= 0.6 is 0 Å². The van der Waals surface area contributed by atoms with Crippen LogP contribution in [-0.4, -0.2) is 67.3 Å². The molecular formula is C21H24N2O6. The number of hydrogen-bond acceptors (Lipinski definition) is 7. The van der Waals surface area contributed by atoms with Crippen molar-refractivity contribution in [1.82, 2.24) is 9.55 Å². The van der Waals surface area contributed by atoms with Crippen molar-refractivity contribution >= 4 is 11.0 Å². The molecule has 29 heavy (non-hydrogen) atoms. The van der Waals surface area contributed by atoms with Crippen LogP contribution in [0.3, 0.4) is 0 Å². The summed E-state index contributed by atoms with van der Waals surface area (Å²) in [6.45, 7) is 2.09. The maximum absolute atomic E-state index is 10.3. The fourth-order valence-corrected chi connectivity index (χ4v) is 3.49. The summed E-state index contributed by atoms with van der Waals surface area (Å²) >= 11 is 0. The summed E-state index contributed by atoms with van der Waals surface area (Å²) in [4.78, 5) is 4.41. The Kier molecular flexibility index (Phi) is 5.53. The number of fused-ring (bicyclic) bond motifs is 1. The Bertz CT molecular complexity index is 971. The summed E-state index contributed by atoms with van der Waals surface area (Å²) in [5, 5.41) is 39.6. The molecule has 5 atom stereocenters. The van der Waals surface area contributed by atoms with Gasteiger partial charge >= 0.3 is 0 Å². The molecule has 4 rings (SSSR count). The predicted octanol–water partition coefficient (Wildman–Crippen LogP) is 0.572. The van der Waals surface area contributed by atoms with E-state index in [1.54, 1.807) is 18.5 Å². The van der Waals surface area contributed by atoms with Crippen molar-refractivity contribution < 1.29 is 29.9 Å². The van der Waals surface area contributed by atoms with Gasteiger partial charge in [0.15, 0.2) is 0 Å². The summed E-state index contributed by atoms with van der Waals surface area (Å²) in [5.74, 6) is 0.413. The van der Waals surface area contributed by atoms with Crippen molar-refractivity contribution in [2.24, 2.45) is 0 Å². The Labute approximate surface area is 167 Å². The van der Waals surface area contributed by atoms with Gasteiger partial charge < -0.3 is 34.5 Å². The van der Waals surface area contributed by atoms with Gasteiger partial charge in [-0.15, -0.1) is 0 Å². The fourth-order valence-electron chi connectivity index (χ4n) is 3.49. The van der Waals surface area contributed by atoms with E-state index in [1.807, 2.05) is 41.8 Å². The number of ether oxygens (including phenoxy) is 2. The standard InChI is InChI=1S/C21H24N2O6/c1-12-5-7-13(8-6-12)9-23-11-22-14-3-2-4-15(17(14)23)28-21-20(27)19(26)18(25)16(10-24)29-21/h2-8,11,16,18-21,24-27H,9-10H2,1H3/t16-,18-,19+,20-,21-/m1/s1. The highest BCUT2D eigenvalue weighted by Gasteiger charge is 2.44. The summed E-state index contributed by atoms with van der Waals surface area (Å²) < 4.78 is 13.3. The number of imidazole rings is 1. The second kappa shape index (κ2) is 8.10. The van der Waals surface area contributed by atoms with Crippen molar-refractivity contribution in [3.05, 3.63) is 59.9 Å². The molecule has 154 valence electrons. The van der Waals surface area contributed by atoms with Gasteiger partial charge in [0.2, 0.25) is 6.29 Å². The van der Waals surface area contributed by atoms with E-state index in [9.17, 15) is 20.4 Å². The molecule has 1 aliphatic heterocycles. The number of aliphatic hydroxyl groups excluding tert-OH is 4. The summed E-state index contributed by atoms with van der Waals surface area (Å²) in [7, 11) is 0. The minimum absolute atomic E-state index is 0.413. The van der Waals surface area contributed by atoms with Gasteiger partial charge in [0, 0.05) is 6.54 Å². The average molecular weight is 400 g/mol. The Balaban J connectivity index is 1.64. The van der Waals surface area contributed by atoms with Crippen LogP contribution in [0.2, 0.25) is 0 Å². The van der Waals surface area contributed by atoms with Crippen molar-refractivity contribution in [3.8, 4) is 5.75 Å². The van der Waals surface area contributed by atoms with E-state index in [-0.39, 0.29) is 0 Å². The zero-order valence-electron chi connectivity index (χ0n) is 15.9. The molecule has 0 spiro atoms. The lowest BCUT2D eigenvalue weighted by Crippen LogP contribution is -2.60. The summed E-state index contributed by atoms with van der Waals surface area (Å²) in [5.41, 5.74) is 3.69. The summed E-state index contributed by atoms with van der Waals surface area (Å²) in [6, 6.07) is 13.5. The van der Waals surface area contributed by atoms with Gasteiger partial charge in [-0.25, -0.2) is 4.98 Å². The number of aliphatic hydroxyl groups is 4. The molecule has 0 bridgehead atoms. The van der Waals surface area contributed by atoms with Gasteiger partial charge in [0.05, 0.1) is 18.5 Å². The predicted molar refractivity (Wildman–Crippen MR) is 104 cm³/mol. The summed E-state index contributed by atoms with van der Waals surface area (Å²) in [6.07, 6.45) is -4.98. The maximum Gasteiger partial charge on any atom is 0.229 e. The van der Waals surface area contributed by atoms with Crippen molar-refractivity contribution in [2.75, 3.05) is 6.61 Å². The number of rotatable bonds is 5. The lowest BCUT2D eigenvalue weighted by Gasteiger charge is -2.39. The van der Waals surface area contributed by atoms with Gasteiger partial charge in [-0.1, -0.05) is 35.9 Å². The van der Waals surface area contributed by atoms with Crippen LogP contribution in [0.1, 0.15) is 11.1 Å². The number of aryl methyl sites for hydroxylation is 1. The molecule has 8 nitrogen and oxygen atoms in total. The first-order valence-electron chi connectivity index (χ1n) is 9.44. The first kappa shape index (κ1) is 19.8. The lowest BCUT2D eigenvalue weighted by molar-refractivity contribution is -0.277. The quantitative estimate of drug-likeness (QED) is 0.495. The Hall–Kier alpha value is -2.49. The van der Waals surface area contributed by atoms with Gasteiger partial charge in [-0.3, -0.25) is 0 Å². The minimum atomic E-state index is -1.50. The van der Waals surface area contributed by atoms with E-state index in [1.165, 1.54) is 5.56 Å². The number of benzene rings is 2. The van der Waals surface area contributed by atoms with E-state index in [4.69, 9.17) is 9.47 Å². The Morgan fingerprint density at radius 1 is 1.03 bits per heavy atom. The molecule has 0 saturated carbocycles. The molecule has 8 heteroatoms. The number of nitrogens with zero attached hydrogens (tertiary/aromatic N) is 2. The molecule has 0 radical (unpaired) electrons. The molecular weight excluding hydrogens is 376 g/mol. The van der Waals surface area contributed by atoms with Crippen LogP contribution in [0, 0.1) is 6.92 Å². The zero-order chi connectivity index (χ0) is 20.5. The Morgan fingerprint density at radius 3 is 2.52 bits per heavy atom. The Morgan fingerprint density at radius 2 is 1.79 bits per heavy atom. The molecule has 2 heterocycles. The third kappa shape index (κ3) is 3.85. The molecule has 4 N–H and O–H groups in total. The number of hydrogen-bond donors (Lipinski definition) is 4. The third-order valence-electron chi connectivity index (χ3n) is 5.17. The van der Waals surface area contributed by atoms with Crippen LogP contribution < -0.4 is 4.74 Å². The molecule has 0 unspecified atom stereocenters. The molecule has 1 aliphatic rings. The smallest absolute Gasteiger partial charge is 0.229 e. The van der Waals surface area contributed by atoms with Crippen molar-refractivity contribution in [1.29, 1.82) is 0 Å². The van der Waals surface area contributed by atoms with Crippen molar-refractivity contribution in [3.63, 3.8) is 0 Å². The van der Waals surface area contributed by atoms with Gasteiger partial charge in [-0.05, 0) is 24.6 Å². The highest BCUT2D eigenvalue weighted by atomic mass is 16.7. The second-order valence-electron chi connectivity index (χ2n) is 7.30. The SMILES string of the molecule is Cc1ccc(Cn2cnc3cccc(O[C@@H]4O[C@H](CO)[C@@H](O)[C@H](O)[C@H]4O)c32)cc1.